The molecular formula is C9H15Cl. The first-order valence-corrected chi connectivity index (χ1v) is 4.14. The van der Waals surface area contributed by atoms with E-state index < -0.39 is 0 Å². The minimum absolute atomic E-state index is 0.761. The van der Waals surface area contributed by atoms with E-state index >= 15 is 0 Å². The van der Waals surface area contributed by atoms with Crippen molar-refractivity contribution in [1.82, 2.24) is 0 Å². The van der Waals surface area contributed by atoms with Gasteiger partial charge in [0.2, 0.25) is 0 Å². The van der Waals surface area contributed by atoms with Crippen LogP contribution in [0, 0.1) is 23.1 Å². The molecule has 10 heavy (non-hydrogen) atoms. The highest BCUT2D eigenvalue weighted by atomic mass is 35.5. The minimum atomic E-state index is 0.761. The zero-order valence-electron chi connectivity index (χ0n) is 6.95. The zero-order valence-corrected chi connectivity index (χ0v) is 7.70. The predicted molar refractivity (Wildman–Crippen MR) is 46.9 cm³/mol. The lowest BCUT2D eigenvalue weighted by Gasteiger charge is -2.12. The van der Waals surface area contributed by atoms with Gasteiger partial charge in [0.15, 0.2) is 0 Å². The molecule has 0 aliphatic heterocycles. The van der Waals surface area contributed by atoms with Crippen LogP contribution in [0.1, 0.15) is 33.6 Å². The summed E-state index contributed by atoms with van der Waals surface area (Å²) in [4.78, 5) is 0. The Morgan fingerprint density at radius 1 is 1.30 bits per heavy atom. The number of hydrogen-bond acceptors (Lipinski definition) is 0. The molecule has 0 aromatic carbocycles. The van der Waals surface area contributed by atoms with Crippen molar-refractivity contribution in [3.05, 3.63) is 0 Å². The molecule has 0 fully saturated rings. The van der Waals surface area contributed by atoms with Crippen LogP contribution in [0.25, 0.3) is 0 Å². The van der Waals surface area contributed by atoms with E-state index in [4.69, 9.17) is 11.6 Å². The van der Waals surface area contributed by atoms with Crippen LogP contribution in [-0.4, -0.2) is 0 Å². The monoisotopic (exact) mass is 158 g/mol. The summed E-state index contributed by atoms with van der Waals surface area (Å²) in [5.74, 6) is 4.37. The van der Waals surface area contributed by atoms with Gasteiger partial charge < -0.3 is 0 Å². The summed E-state index contributed by atoms with van der Waals surface area (Å²) in [6, 6.07) is 0. The van der Waals surface area contributed by atoms with E-state index in [-0.39, 0.29) is 0 Å². The molecule has 0 saturated carbocycles. The van der Waals surface area contributed by atoms with Crippen LogP contribution < -0.4 is 0 Å². The normalized spacial score (nSPS) is 12.5. The molecule has 1 heteroatoms. The average molecular weight is 159 g/mol. The number of hydrogen-bond donors (Lipinski definition) is 0. The van der Waals surface area contributed by atoms with Crippen molar-refractivity contribution < 1.29 is 0 Å². The van der Waals surface area contributed by atoms with Crippen LogP contribution in [0.2, 0.25) is 0 Å². The molecular weight excluding hydrogens is 144 g/mol. The lowest BCUT2D eigenvalue weighted by atomic mass is 9.94. The summed E-state index contributed by atoms with van der Waals surface area (Å²) in [6.07, 6.45) is 2.10. The molecule has 0 aromatic rings. The Labute approximate surface area is 69.0 Å². The Morgan fingerprint density at radius 2 is 1.90 bits per heavy atom. The van der Waals surface area contributed by atoms with E-state index in [0.717, 1.165) is 24.7 Å². The van der Waals surface area contributed by atoms with Crippen molar-refractivity contribution in [2.45, 2.75) is 33.6 Å². The summed E-state index contributed by atoms with van der Waals surface area (Å²) in [7, 11) is 0. The minimum Gasteiger partial charge on any atom is -0.0859 e. The maximum absolute atomic E-state index is 5.20. The van der Waals surface area contributed by atoms with Gasteiger partial charge in [-0.1, -0.05) is 26.7 Å². The van der Waals surface area contributed by atoms with E-state index in [1.807, 2.05) is 0 Å². The Hall–Kier alpha value is -0.150. The van der Waals surface area contributed by atoms with Crippen molar-refractivity contribution in [2.24, 2.45) is 11.8 Å². The first-order chi connectivity index (χ1) is 4.68. The topological polar surface area (TPSA) is 0 Å². The molecule has 0 radical (unpaired) electrons. The van der Waals surface area contributed by atoms with Crippen LogP contribution in [0.4, 0.5) is 0 Å². The fourth-order valence-electron chi connectivity index (χ4n) is 0.680. The van der Waals surface area contributed by atoms with Gasteiger partial charge in [-0.2, -0.15) is 0 Å². The Bertz CT molecular complexity index is 127. The number of rotatable bonds is 3. The third kappa shape index (κ3) is 4.70. The molecule has 0 aromatic heterocycles. The van der Waals surface area contributed by atoms with E-state index in [0.29, 0.717) is 0 Å². The summed E-state index contributed by atoms with van der Waals surface area (Å²) in [5.41, 5.74) is 0. The van der Waals surface area contributed by atoms with E-state index in [2.05, 4.69) is 32.1 Å². The van der Waals surface area contributed by atoms with Gasteiger partial charge >= 0.3 is 0 Å². The maximum Gasteiger partial charge on any atom is 0.0104 e. The molecule has 0 rings (SSSR count). The fourth-order valence-corrected chi connectivity index (χ4v) is 0.775. The second-order valence-electron chi connectivity index (χ2n) is 3.03. The predicted octanol–water partition coefficient (Wildman–Crippen LogP) is 3.26. The summed E-state index contributed by atoms with van der Waals surface area (Å²) in [6.45, 7) is 6.72. The molecule has 58 valence electrons. The van der Waals surface area contributed by atoms with Crippen molar-refractivity contribution in [3.63, 3.8) is 0 Å². The lowest BCUT2D eigenvalue weighted by Crippen LogP contribution is -2.02. The zero-order chi connectivity index (χ0) is 7.98. The van der Waals surface area contributed by atoms with Crippen LogP contribution in [0.5, 0.6) is 0 Å². The SMILES string of the molecule is CC(C)[C@H](C)CCC#CCl. The van der Waals surface area contributed by atoms with E-state index in [1.54, 1.807) is 0 Å². The molecule has 0 aliphatic rings. The van der Waals surface area contributed by atoms with Crippen LogP contribution >= 0.6 is 11.6 Å². The van der Waals surface area contributed by atoms with Gasteiger partial charge in [0.1, 0.15) is 0 Å². The molecule has 0 bridgehead atoms. The Balaban J connectivity index is 3.36. The van der Waals surface area contributed by atoms with E-state index in [9.17, 15) is 0 Å². The lowest BCUT2D eigenvalue weighted by molar-refractivity contribution is 0.397. The van der Waals surface area contributed by atoms with Crippen molar-refractivity contribution in [2.75, 3.05) is 0 Å². The van der Waals surface area contributed by atoms with Crippen molar-refractivity contribution in [3.8, 4) is 11.3 Å². The smallest absolute Gasteiger partial charge is 0.0104 e. The average Bonchev–Trinajstić information content (AvgIpc) is 1.88. The second kappa shape index (κ2) is 5.62. The highest BCUT2D eigenvalue weighted by Crippen LogP contribution is 2.14. The standard InChI is InChI=1S/C9H15Cl/c1-8(2)9(3)6-4-5-7-10/h8-9H,4,6H2,1-3H3/t9-/m1/s1. The van der Waals surface area contributed by atoms with Crippen LogP contribution in [0.15, 0.2) is 0 Å². The molecule has 0 aliphatic carbocycles. The maximum atomic E-state index is 5.20. The van der Waals surface area contributed by atoms with Crippen molar-refractivity contribution in [1.29, 1.82) is 0 Å². The quantitative estimate of drug-likeness (QED) is 0.554. The third-order valence-corrected chi connectivity index (χ3v) is 2.06. The first kappa shape index (κ1) is 9.85. The molecule has 0 N–H and O–H groups in total. The Kier molecular flexibility index (Phi) is 5.54. The summed E-state index contributed by atoms with van der Waals surface area (Å²) >= 11 is 5.20. The van der Waals surface area contributed by atoms with Gasteiger partial charge in [-0.3, -0.25) is 0 Å². The highest BCUT2D eigenvalue weighted by Gasteiger charge is 2.04. The van der Waals surface area contributed by atoms with Gasteiger partial charge in [-0.15, -0.1) is 0 Å². The molecule has 0 unspecified atom stereocenters. The fraction of sp³-hybridized carbons (Fsp3) is 0.778. The first-order valence-electron chi connectivity index (χ1n) is 3.77. The summed E-state index contributed by atoms with van der Waals surface area (Å²) < 4.78 is 0. The highest BCUT2D eigenvalue weighted by molar-refractivity contribution is 6.30. The molecule has 0 nitrogen and oxygen atoms in total. The molecule has 0 saturated heterocycles. The molecule has 0 heterocycles. The van der Waals surface area contributed by atoms with Gasteiger partial charge in [-0.25, -0.2) is 0 Å². The van der Waals surface area contributed by atoms with Gasteiger partial charge in [-0.05, 0) is 29.9 Å². The molecule has 1 atom stereocenters. The van der Waals surface area contributed by atoms with Crippen LogP contribution in [0.3, 0.4) is 0 Å². The largest absolute Gasteiger partial charge is 0.0859 e. The second-order valence-corrected chi connectivity index (χ2v) is 3.22. The van der Waals surface area contributed by atoms with Crippen molar-refractivity contribution >= 4 is 11.6 Å². The van der Waals surface area contributed by atoms with Gasteiger partial charge in [0.05, 0.1) is 0 Å². The Morgan fingerprint density at radius 3 is 2.30 bits per heavy atom. The number of halogens is 1. The van der Waals surface area contributed by atoms with Crippen LogP contribution in [-0.2, 0) is 0 Å². The van der Waals surface area contributed by atoms with E-state index in [1.165, 1.54) is 0 Å². The van der Waals surface area contributed by atoms with Gasteiger partial charge in [0.25, 0.3) is 0 Å². The summed E-state index contributed by atoms with van der Waals surface area (Å²) in [5, 5.41) is 2.38. The van der Waals surface area contributed by atoms with Gasteiger partial charge in [0, 0.05) is 11.8 Å². The molecule has 0 amide bonds. The third-order valence-electron chi connectivity index (χ3n) is 1.93. The molecule has 0 spiro atoms.